The van der Waals surface area contributed by atoms with E-state index in [9.17, 15) is 4.79 Å². The number of benzene rings is 1. The standard InChI is InChI=1S/C18H22N4OS/c1-18(8-10-24-17(19)21-18)12-13-5-3-6-14(11-13)20-16(23)15-7-4-9-22(15)2/h3-7,9,11H,8,10,12H2,1-2H3,(H2,19,21)(H,20,23). The molecular formula is C18H22N4OS. The fourth-order valence-electron chi connectivity index (χ4n) is 2.95. The molecule has 3 rings (SSSR count). The molecule has 0 fully saturated rings. The van der Waals surface area contributed by atoms with Gasteiger partial charge in [-0.2, -0.15) is 0 Å². The second kappa shape index (κ2) is 6.73. The summed E-state index contributed by atoms with van der Waals surface area (Å²) in [5.74, 6) is 0.887. The predicted octanol–water partition coefficient (Wildman–Crippen LogP) is 3.03. The molecule has 1 unspecified atom stereocenters. The van der Waals surface area contributed by atoms with Crippen molar-refractivity contribution < 1.29 is 4.79 Å². The Morgan fingerprint density at radius 1 is 1.42 bits per heavy atom. The molecule has 1 aliphatic rings. The minimum absolute atomic E-state index is 0.109. The molecule has 5 nitrogen and oxygen atoms in total. The van der Waals surface area contributed by atoms with E-state index >= 15 is 0 Å². The Balaban J connectivity index is 1.74. The molecule has 0 bridgehead atoms. The van der Waals surface area contributed by atoms with E-state index in [0.717, 1.165) is 29.8 Å². The van der Waals surface area contributed by atoms with Gasteiger partial charge in [-0.1, -0.05) is 23.9 Å². The lowest BCUT2D eigenvalue weighted by Crippen LogP contribution is -2.33. The van der Waals surface area contributed by atoms with Gasteiger partial charge in [0.15, 0.2) is 5.17 Å². The molecule has 0 spiro atoms. The summed E-state index contributed by atoms with van der Waals surface area (Å²) < 4.78 is 1.80. The maximum atomic E-state index is 12.3. The van der Waals surface area contributed by atoms with Gasteiger partial charge in [0.2, 0.25) is 0 Å². The van der Waals surface area contributed by atoms with Crippen LogP contribution in [0.4, 0.5) is 5.69 Å². The van der Waals surface area contributed by atoms with E-state index in [2.05, 4.69) is 23.3 Å². The number of carbonyl (C=O) groups excluding carboxylic acids is 1. The summed E-state index contributed by atoms with van der Waals surface area (Å²) in [5.41, 5.74) is 8.28. The number of aryl methyl sites for hydroxylation is 1. The zero-order valence-corrected chi connectivity index (χ0v) is 14.8. The largest absolute Gasteiger partial charge is 0.379 e. The third-order valence-electron chi connectivity index (χ3n) is 4.22. The molecule has 0 radical (unpaired) electrons. The maximum Gasteiger partial charge on any atom is 0.272 e. The molecule has 126 valence electrons. The summed E-state index contributed by atoms with van der Waals surface area (Å²) in [6.45, 7) is 2.13. The van der Waals surface area contributed by atoms with E-state index in [1.54, 1.807) is 22.4 Å². The van der Waals surface area contributed by atoms with Crippen molar-refractivity contribution in [2.45, 2.75) is 25.3 Å². The summed E-state index contributed by atoms with van der Waals surface area (Å²) in [7, 11) is 1.86. The van der Waals surface area contributed by atoms with Crippen LogP contribution in [0.1, 0.15) is 29.4 Å². The molecule has 1 atom stereocenters. The number of aliphatic imine (C=N–C) groups is 1. The van der Waals surface area contributed by atoms with Crippen LogP contribution < -0.4 is 11.1 Å². The van der Waals surface area contributed by atoms with E-state index in [1.807, 2.05) is 37.5 Å². The van der Waals surface area contributed by atoms with Gasteiger partial charge in [-0.15, -0.1) is 0 Å². The molecule has 0 saturated carbocycles. The lowest BCUT2D eigenvalue weighted by molar-refractivity contribution is 0.101. The Kier molecular flexibility index (Phi) is 4.66. The molecule has 0 aliphatic carbocycles. The second-order valence-electron chi connectivity index (χ2n) is 6.38. The first-order valence-corrected chi connectivity index (χ1v) is 8.93. The summed E-state index contributed by atoms with van der Waals surface area (Å²) in [4.78, 5) is 16.9. The molecule has 6 heteroatoms. The Hall–Kier alpha value is -2.21. The van der Waals surface area contributed by atoms with Crippen LogP contribution in [-0.2, 0) is 13.5 Å². The highest BCUT2D eigenvalue weighted by molar-refractivity contribution is 8.13. The second-order valence-corrected chi connectivity index (χ2v) is 7.50. The number of aromatic nitrogens is 1. The van der Waals surface area contributed by atoms with Crippen LogP contribution in [0.5, 0.6) is 0 Å². The van der Waals surface area contributed by atoms with Crippen molar-refractivity contribution in [3.8, 4) is 0 Å². The summed E-state index contributed by atoms with van der Waals surface area (Å²) in [6, 6.07) is 11.6. The van der Waals surface area contributed by atoms with E-state index in [-0.39, 0.29) is 11.4 Å². The molecule has 2 heterocycles. The van der Waals surface area contributed by atoms with Crippen LogP contribution in [0, 0.1) is 0 Å². The molecule has 1 aromatic heterocycles. The van der Waals surface area contributed by atoms with Crippen LogP contribution >= 0.6 is 11.8 Å². The van der Waals surface area contributed by atoms with Gasteiger partial charge in [-0.3, -0.25) is 9.79 Å². The summed E-state index contributed by atoms with van der Waals surface area (Å²) in [6.07, 6.45) is 3.66. The van der Waals surface area contributed by atoms with E-state index < -0.39 is 0 Å². The van der Waals surface area contributed by atoms with Gasteiger partial charge in [0.1, 0.15) is 5.69 Å². The number of hydrogen-bond donors (Lipinski definition) is 2. The zero-order chi connectivity index (χ0) is 17.2. The summed E-state index contributed by atoms with van der Waals surface area (Å²) >= 11 is 1.61. The van der Waals surface area contributed by atoms with Crippen molar-refractivity contribution >= 4 is 28.5 Å². The van der Waals surface area contributed by atoms with Crippen molar-refractivity contribution in [1.82, 2.24) is 4.57 Å². The van der Waals surface area contributed by atoms with Gasteiger partial charge in [-0.25, -0.2) is 0 Å². The average molecular weight is 342 g/mol. The predicted molar refractivity (Wildman–Crippen MR) is 101 cm³/mol. The van der Waals surface area contributed by atoms with Crippen molar-refractivity contribution in [3.63, 3.8) is 0 Å². The number of hydrogen-bond acceptors (Lipinski definition) is 4. The molecular weight excluding hydrogens is 320 g/mol. The highest BCUT2D eigenvalue weighted by atomic mass is 32.2. The number of amides is 1. The van der Waals surface area contributed by atoms with Gasteiger partial charge < -0.3 is 15.6 Å². The fourth-order valence-corrected chi connectivity index (χ4v) is 3.98. The zero-order valence-electron chi connectivity index (χ0n) is 14.0. The number of nitrogens with zero attached hydrogens (tertiary/aromatic N) is 2. The topological polar surface area (TPSA) is 72.4 Å². The lowest BCUT2D eigenvalue weighted by atomic mass is 9.90. The normalized spacial score (nSPS) is 20.5. The molecule has 1 aliphatic heterocycles. The lowest BCUT2D eigenvalue weighted by Gasteiger charge is -2.29. The van der Waals surface area contributed by atoms with Crippen molar-refractivity contribution in [2.75, 3.05) is 11.1 Å². The first-order chi connectivity index (χ1) is 11.5. The van der Waals surface area contributed by atoms with Gasteiger partial charge in [0.05, 0.1) is 5.54 Å². The van der Waals surface area contributed by atoms with Gasteiger partial charge >= 0.3 is 0 Å². The van der Waals surface area contributed by atoms with Crippen LogP contribution in [0.3, 0.4) is 0 Å². The molecule has 2 aromatic rings. The molecule has 24 heavy (non-hydrogen) atoms. The highest BCUT2D eigenvalue weighted by Gasteiger charge is 2.27. The van der Waals surface area contributed by atoms with E-state index in [1.165, 1.54) is 0 Å². The van der Waals surface area contributed by atoms with Crippen LogP contribution in [-0.4, -0.2) is 26.9 Å². The van der Waals surface area contributed by atoms with Crippen LogP contribution in [0.25, 0.3) is 0 Å². The number of anilines is 1. The van der Waals surface area contributed by atoms with Crippen molar-refractivity contribution in [3.05, 3.63) is 53.9 Å². The first kappa shape index (κ1) is 16.6. The van der Waals surface area contributed by atoms with Crippen molar-refractivity contribution in [1.29, 1.82) is 0 Å². The van der Waals surface area contributed by atoms with Gasteiger partial charge in [0.25, 0.3) is 5.91 Å². The monoisotopic (exact) mass is 342 g/mol. The minimum Gasteiger partial charge on any atom is -0.379 e. The first-order valence-electron chi connectivity index (χ1n) is 7.95. The smallest absolute Gasteiger partial charge is 0.272 e. The molecule has 3 N–H and O–H groups in total. The number of thioether (sulfide) groups is 1. The van der Waals surface area contributed by atoms with E-state index in [4.69, 9.17) is 5.73 Å². The summed E-state index contributed by atoms with van der Waals surface area (Å²) in [5, 5.41) is 3.62. The Morgan fingerprint density at radius 3 is 2.96 bits per heavy atom. The Bertz CT molecular complexity index is 783. The Morgan fingerprint density at radius 2 is 2.25 bits per heavy atom. The molecule has 1 aromatic carbocycles. The fraction of sp³-hybridized carbons (Fsp3) is 0.333. The van der Waals surface area contributed by atoms with Gasteiger partial charge in [-0.05, 0) is 49.6 Å². The Labute approximate surface area is 146 Å². The van der Waals surface area contributed by atoms with E-state index in [0.29, 0.717) is 10.9 Å². The minimum atomic E-state index is -0.171. The number of nitrogens with one attached hydrogen (secondary N) is 1. The molecule has 0 saturated heterocycles. The van der Waals surface area contributed by atoms with Crippen LogP contribution in [0.2, 0.25) is 0 Å². The highest BCUT2D eigenvalue weighted by Crippen LogP contribution is 2.29. The third kappa shape index (κ3) is 3.82. The van der Waals surface area contributed by atoms with Gasteiger partial charge in [0, 0.05) is 24.7 Å². The quantitative estimate of drug-likeness (QED) is 0.897. The average Bonchev–Trinajstić information content (AvgIpc) is 2.93. The number of nitrogens with two attached hydrogens (primary N) is 1. The van der Waals surface area contributed by atoms with Crippen molar-refractivity contribution in [2.24, 2.45) is 17.8 Å². The van der Waals surface area contributed by atoms with Crippen LogP contribution in [0.15, 0.2) is 47.6 Å². The maximum absolute atomic E-state index is 12.3. The number of amidine groups is 1. The third-order valence-corrected chi connectivity index (χ3v) is 5.01. The number of rotatable bonds is 4. The molecule has 1 amide bonds. The SMILES string of the molecule is Cn1cccc1C(=O)Nc1cccc(CC2(C)CCSC(N)=N2)c1. The number of carbonyl (C=O) groups is 1.